The molecule has 2 aromatic rings. The third-order valence-corrected chi connectivity index (χ3v) is 4.76. The highest BCUT2D eigenvalue weighted by Crippen LogP contribution is 2.21. The van der Waals surface area contributed by atoms with Gasteiger partial charge in [0, 0.05) is 12.2 Å². The van der Waals surface area contributed by atoms with Crippen LogP contribution in [0.2, 0.25) is 0 Å². The lowest BCUT2D eigenvalue weighted by Crippen LogP contribution is -2.35. The Hall–Kier alpha value is -2.71. The summed E-state index contributed by atoms with van der Waals surface area (Å²) in [6.45, 7) is 5.77. The van der Waals surface area contributed by atoms with Gasteiger partial charge in [-0.1, -0.05) is 29.8 Å². The Morgan fingerprint density at radius 1 is 0.962 bits per heavy atom. The van der Waals surface area contributed by atoms with Crippen molar-refractivity contribution in [2.24, 2.45) is 5.14 Å². The number of hydrogen-bond acceptors (Lipinski definition) is 4. The van der Waals surface area contributed by atoms with Crippen LogP contribution >= 0.6 is 0 Å². The fourth-order valence-electron chi connectivity index (χ4n) is 2.61. The number of benzene rings is 2. The van der Waals surface area contributed by atoms with Crippen LogP contribution in [0.5, 0.6) is 0 Å². The number of anilines is 1. The number of nitrogens with one attached hydrogen (secondary N) is 2. The zero-order valence-electron chi connectivity index (χ0n) is 14.8. The van der Waals surface area contributed by atoms with Crippen molar-refractivity contribution in [2.75, 3.05) is 5.32 Å². The second-order valence-corrected chi connectivity index (χ2v) is 7.66. The molecule has 2 amide bonds. The number of amides is 2. The lowest BCUT2D eigenvalue weighted by Gasteiger charge is -2.13. The molecule has 0 aliphatic carbocycles. The Labute approximate surface area is 152 Å². The molecule has 2 rings (SSSR count). The van der Waals surface area contributed by atoms with Crippen molar-refractivity contribution >= 4 is 27.5 Å². The van der Waals surface area contributed by atoms with Crippen LogP contribution in [0.15, 0.2) is 41.3 Å². The van der Waals surface area contributed by atoms with Crippen LogP contribution in [0.3, 0.4) is 0 Å². The number of sulfonamides is 1. The topological polar surface area (TPSA) is 118 Å². The number of carbonyl (C=O) groups excluding carboxylic acids is 2. The molecular formula is C18H21N3O4S. The van der Waals surface area contributed by atoms with Crippen LogP contribution in [-0.2, 0) is 26.2 Å². The van der Waals surface area contributed by atoms with E-state index < -0.39 is 21.8 Å². The van der Waals surface area contributed by atoms with E-state index in [4.69, 9.17) is 5.14 Å². The average Bonchev–Trinajstić information content (AvgIpc) is 2.55. The monoisotopic (exact) mass is 375 g/mol. The van der Waals surface area contributed by atoms with Gasteiger partial charge in [0.05, 0.1) is 4.90 Å². The fourth-order valence-corrected chi connectivity index (χ4v) is 3.12. The van der Waals surface area contributed by atoms with E-state index in [-0.39, 0.29) is 11.4 Å². The van der Waals surface area contributed by atoms with E-state index in [1.54, 1.807) is 0 Å². The summed E-state index contributed by atoms with van der Waals surface area (Å²) in [6, 6.07) is 9.57. The third kappa shape index (κ3) is 4.90. The van der Waals surface area contributed by atoms with Crippen LogP contribution in [0.25, 0.3) is 0 Å². The van der Waals surface area contributed by atoms with Gasteiger partial charge in [0.2, 0.25) is 10.0 Å². The predicted octanol–water partition coefficient (Wildman–Crippen LogP) is 1.51. The van der Waals surface area contributed by atoms with Crippen LogP contribution in [0.4, 0.5) is 5.69 Å². The molecule has 8 heteroatoms. The zero-order chi connectivity index (χ0) is 19.5. The van der Waals surface area contributed by atoms with E-state index in [2.05, 4.69) is 10.6 Å². The van der Waals surface area contributed by atoms with Crippen LogP contribution in [0, 0.1) is 20.8 Å². The van der Waals surface area contributed by atoms with E-state index in [0.29, 0.717) is 11.3 Å². The molecule has 0 fully saturated rings. The van der Waals surface area contributed by atoms with Crippen molar-refractivity contribution in [1.29, 1.82) is 0 Å². The van der Waals surface area contributed by atoms with E-state index >= 15 is 0 Å². The van der Waals surface area contributed by atoms with Gasteiger partial charge in [0.15, 0.2) is 0 Å². The molecule has 0 saturated heterocycles. The molecule has 4 N–H and O–H groups in total. The summed E-state index contributed by atoms with van der Waals surface area (Å²) in [4.78, 5) is 24.1. The molecule has 2 aromatic carbocycles. The predicted molar refractivity (Wildman–Crippen MR) is 98.9 cm³/mol. The second-order valence-electron chi connectivity index (χ2n) is 6.10. The van der Waals surface area contributed by atoms with Gasteiger partial charge in [0.1, 0.15) is 0 Å². The van der Waals surface area contributed by atoms with Crippen molar-refractivity contribution in [3.8, 4) is 0 Å². The minimum absolute atomic E-state index is 0.0179. The molecule has 0 radical (unpaired) electrons. The molecule has 0 aliphatic heterocycles. The minimum atomic E-state index is -3.76. The van der Waals surface area contributed by atoms with E-state index in [0.717, 1.165) is 16.7 Å². The minimum Gasteiger partial charge on any atom is -0.344 e. The van der Waals surface area contributed by atoms with Gasteiger partial charge in [-0.2, -0.15) is 0 Å². The maximum Gasteiger partial charge on any atom is 0.313 e. The lowest BCUT2D eigenvalue weighted by molar-refractivity contribution is -0.136. The summed E-state index contributed by atoms with van der Waals surface area (Å²) in [6.07, 6.45) is 0. The molecule has 0 aliphatic rings. The first-order valence-electron chi connectivity index (χ1n) is 7.86. The van der Waals surface area contributed by atoms with Crippen molar-refractivity contribution in [3.05, 3.63) is 58.7 Å². The number of rotatable bonds is 4. The van der Waals surface area contributed by atoms with Crippen molar-refractivity contribution < 1.29 is 18.0 Å². The molecule has 138 valence electrons. The van der Waals surface area contributed by atoms with Gasteiger partial charge in [-0.15, -0.1) is 0 Å². The molecule has 26 heavy (non-hydrogen) atoms. The molecule has 0 spiro atoms. The molecule has 7 nitrogen and oxygen atoms in total. The first kappa shape index (κ1) is 19.6. The first-order chi connectivity index (χ1) is 12.1. The Kier molecular flexibility index (Phi) is 5.79. The van der Waals surface area contributed by atoms with E-state index in [1.807, 2.05) is 32.9 Å². The van der Waals surface area contributed by atoms with Crippen LogP contribution in [-0.4, -0.2) is 20.2 Å². The Morgan fingerprint density at radius 3 is 2.00 bits per heavy atom. The zero-order valence-corrected chi connectivity index (χ0v) is 15.6. The second kappa shape index (κ2) is 7.67. The third-order valence-electron chi connectivity index (χ3n) is 3.83. The molecule has 0 heterocycles. The molecule has 0 unspecified atom stereocenters. The quantitative estimate of drug-likeness (QED) is 0.702. The average molecular weight is 375 g/mol. The van der Waals surface area contributed by atoms with Gasteiger partial charge in [0.25, 0.3) is 0 Å². The van der Waals surface area contributed by atoms with Crippen LogP contribution < -0.4 is 15.8 Å². The molecular weight excluding hydrogens is 354 g/mol. The number of primary sulfonamides is 1. The van der Waals surface area contributed by atoms with Gasteiger partial charge in [-0.25, -0.2) is 13.6 Å². The van der Waals surface area contributed by atoms with Crippen molar-refractivity contribution in [1.82, 2.24) is 5.32 Å². The van der Waals surface area contributed by atoms with Gasteiger partial charge in [-0.3, -0.25) is 9.59 Å². The summed E-state index contributed by atoms with van der Waals surface area (Å²) in [5.41, 5.74) is 4.09. The van der Waals surface area contributed by atoms with E-state index in [9.17, 15) is 18.0 Å². The number of hydrogen-bond donors (Lipinski definition) is 3. The lowest BCUT2D eigenvalue weighted by atomic mass is 10.1. The summed E-state index contributed by atoms with van der Waals surface area (Å²) in [5, 5.41) is 10.1. The highest BCUT2D eigenvalue weighted by atomic mass is 32.2. The highest BCUT2D eigenvalue weighted by Gasteiger charge is 2.16. The summed E-state index contributed by atoms with van der Waals surface area (Å²) < 4.78 is 22.4. The summed E-state index contributed by atoms with van der Waals surface area (Å²) in [5.74, 6) is -1.54. The maximum absolute atomic E-state index is 12.1. The molecule has 0 atom stereocenters. The number of carbonyl (C=O) groups is 2. The van der Waals surface area contributed by atoms with Gasteiger partial charge < -0.3 is 10.6 Å². The van der Waals surface area contributed by atoms with Gasteiger partial charge >= 0.3 is 11.8 Å². The van der Waals surface area contributed by atoms with E-state index in [1.165, 1.54) is 24.3 Å². The maximum atomic E-state index is 12.1. The number of nitrogens with two attached hydrogens (primary N) is 1. The Bertz CT molecular complexity index is 928. The summed E-state index contributed by atoms with van der Waals surface area (Å²) in [7, 11) is -3.76. The standard InChI is InChI=1S/C18H21N3O4S/c1-11-8-12(2)16(13(3)9-11)21-18(23)17(22)20-10-14-4-6-15(7-5-14)26(19,24)25/h4-9H,10H2,1-3H3,(H,20,22)(H,21,23)(H2,19,24,25). The molecule has 0 bridgehead atoms. The normalized spacial score (nSPS) is 11.1. The Balaban J connectivity index is 1.99. The summed E-state index contributed by atoms with van der Waals surface area (Å²) >= 11 is 0. The van der Waals surface area contributed by atoms with Gasteiger partial charge in [-0.05, 0) is 49.6 Å². The fraction of sp³-hybridized carbons (Fsp3) is 0.222. The molecule has 0 aromatic heterocycles. The van der Waals surface area contributed by atoms with Crippen molar-refractivity contribution in [3.63, 3.8) is 0 Å². The smallest absolute Gasteiger partial charge is 0.313 e. The molecule has 0 saturated carbocycles. The first-order valence-corrected chi connectivity index (χ1v) is 9.41. The van der Waals surface area contributed by atoms with Crippen LogP contribution in [0.1, 0.15) is 22.3 Å². The van der Waals surface area contributed by atoms with Crippen molar-refractivity contribution in [2.45, 2.75) is 32.2 Å². The largest absolute Gasteiger partial charge is 0.344 e. The SMILES string of the molecule is Cc1cc(C)c(NC(=O)C(=O)NCc2ccc(S(N)(=O)=O)cc2)c(C)c1. The number of aryl methyl sites for hydroxylation is 3. The highest BCUT2D eigenvalue weighted by molar-refractivity contribution is 7.89. The Morgan fingerprint density at radius 2 is 1.50 bits per heavy atom.